The van der Waals surface area contributed by atoms with E-state index >= 15 is 0 Å². The Morgan fingerprint density at radius 2 is 1.72 bits per heavy atom. The van der Waals surface area contributed by atoms with Crippen LogP contribution < -0.4 is 16.4 Å². The van der Waals surface area contributed by atoms with Crippen molar-refractivity contribution in [2.24, 2.45) is 10.8 Å². The van der Waals surface area contributed by atoms with Gasteiger partial charge in [0, 0.05) is 13.0 Å². The lowest BCUT2D eigenvalue weighted by atomic mass is 10.1. The number of hydrazone groups is 1. The maximum atomic E-state index is 12.6. The number of nitrogens with one attached hydrogen (secondary N) is 2. The molecule has 0 aliphatic carbocycles. The van der Waals surface area contributed by atoms with Gasteiger partial charge < -0.3 is 25.8 Å². The zero-order chi connectivity index (χ0) is 27.0. The molecule has 0 saturated heterocycles. The SMILES string of the molecule is CC(C)(C)OC(=O)C(CC(=O)OCc1ccccc1)NC(=O)CCCCCCCN/C(N)=N/[N+](=O)[O-]. The van der Waals surface area contributed by atoms with Gasteiger partial charge in [-0.1, -0.05) is 49.6 Å². The van der Waals surface area contributed by atoms with Crippen molar-refractivity contribution in [2.75, 3.05) is 6.54 Å². The average Bonchev–Trinajstić information content (AvgIpc) is 2.78. The summed E-state index contributed by atoms with van der Waals surface area (Å²) in [6.07, 6.45) is 3.68. The topological polar surface area (TPSA) is 175 Å². The first-order valence-electron chi connectivity index (χ1n) is 11.9. The highest BCUT2D eigenvalue weighted by molar-refractivity contribution is 5.88. The van der Waals surface area contributed by atoms with Gasteiger partial charge in [-0.3, -0.25) is 9.59 Å². The summed E-state index contributed by atoms with van der Waals surface area (Å²) in [5.41, 5.74) is 5.37. The van der Waals surface area contributed by atoms with E-state index in [1.807, 2.05) is 30.3 Å². The number of nitrogens with two attached hydrogens (primary N) is 1. The number of nitro groups is 1. The maximum absolute atomic E-state index is 12.6. The van der Waals surface area contributed by atoms with Crippen LogP contribution in [0.5, 0.6) is 0 Å². The van der Waals surface area contributed by atoms with E-state index in [2.05, 4.69) is 15.7 Å². The van der Waals surface area contributed by atoms with Crippen molar-refractivity contribution in [1.82, 2.24) is 10.6 Å². The van der Waals surface area contributed by atoms with Crippen LogP contribution in [-0.2, 0) is 30.5 Å². The molecule has 0 aliphatic rings. The predicted octanol–water partition coefficient (Wildman–Crippen LogP) is 2.38. The molecule has 0 radical (unpaired) electrons. The fourth-order valence-electron chi connectivity index (χ4n) is 3.08. The van der Waals surface area contributed by atoms with E-state index < -0.39 is 28.6 Å². The summed E-state index contributed by atoms with van der Waals surface area (Å²) in [6.45, 7) is 5.64. The molecule has 0 saturated carbocycles. The molecular formula is C24H37N5O7. The molecule has 0 spiro atoms. The maximum Gasteiger partial charge on any atom is 0.329 e. The first-order valence-corrected chi connectivity index (χ1v) is 11.9. The van der Waals surface area contributed by atoms with Crippen LogP contribution >= 0.6 is 0 Å². The zero-order valence-corrected chi connectivity index (χ0v) is 21.2. The van der Waals surface area contributed by atoms with Crippen LogP contribution in [0.3, 0.4) is 0 Å². The molecule has 200 valence electrons. The van der Waals surface area contributed by atoms with Crippen LogP contribution in [-0.4, -0.2) is 47.0 Å². The van der Waals surface area contributed by atoms with Crippen molar-refractivity contribution in [2.45, 2.75) is 84.0 Å². The Balaban J connectivity index is 2.41. The third kappa shape index (κ3) is 15.3. The third-order valence-electron chi connectivity index (χ3n) is 4.72. The number of hydrogen-bond donors (Lipinski definition) is 3. The average molecular weight is 508 g/mol. The molecule has 1 aromatic carbocycles. The third-order valence-corrected chi connectivity index (χ3v) is 4.72. The number of hydrogen-bond acceptors (Lipinski definition) is 7. The minimum atomic E-state index is -1.14. The van der Waals surface area contributed by atoms with Crippen molar-refractivity contribution < 1.29 is 28.9 Å². The quantitative estimate of drug-likeness (QED) is 0.0803. The van der Waals surface area contributed by atoms with Gasteiger partial charge in [-0.05, 0) is 39.2 Å². The monoisotopic (exact) mass is 507 g/mol. The molecular weight excluding hydrogens is 470 g/mol. The normalized spacial score (nSPS) is 12.4. The van der Waals surface area contributed by atoms with E-state index in [9.17, 15) is 24.5 Å². The second kappa shape index (κ2) is 16.1. The van der Waals surface area contributed by atoms with E-state index in [0.717, 1.165) is 31.2 Å². The van der Waals surface area contributed by atoms with Gasteiger partial charge in [0.2, 0.25) is 5.91 Å². The van der Waals surface area contributed by atoms with Gasteiger partial charge in [-0.25, -0.2) is 14.9 Å². The predicted molar refractivity (Wildman–Crippen MR) is 133 cm³/mol. The second-order valence-electron chi connectivity index (χ2n) is 9.17. The Hall–Kier alpha value is -3.70. The van der Waals surface area contributed by atoms with Crippen LogP contribution in [0.2, 0.25) is 0 Å². The summed E-state index contributed by atoms with van der Waals surface area (Å²) in [6, 6.07) is 8.00. The van der Waals surface area contributed by atoms with Gasteiger partial charge in [0.25, 0.3) is 5.96 Å². The minimum Gasteiger partial charge on any atom is -0.461 e. The Bertz CT molecular complexity index is 885. The summed E-state index contributed by atoms with van der Waals surface area (Å²) in [5, 5.41) is 17.5. The largest absolute Gasteiger partial charge is 0.461 e. The van der Waals surface area contributed by atoms with E-state index in [0.29, 0.717) is 13.0 Å². The number of carbonyl (C=O) groups excluding carboxylic acids is 3. The van der Waals surface area contributed by atoms with Gasteiger partial charge in [0.1, 0.15) is 23.4 Å². The molecule has 1 rings (SSSR count). The molecule has 0 aliphatic heterocycles. The number of nitrogens with zero attached hydrogens (tertiary/aromatic N) is 2. The van der Waals surface area contributed by atoms with Crippen LogP contribution in [0.4, 0.5) is 0 Å². The number of unbranched alkanes of at least 4 members (excludes halogenated alkanes) is 4. The molecule has 36 heavy (non-hydrogen) atoms. The fourth-order valence-corrected chi connectivity index (χ4v) is 3.08. The molecule has 0 fully saturated rings. The lowest BCUT2D eigenvalue weighted by molar-refractivity contribution is -0.485. The summed E-state index contributed by atoms with van der Waals surface area (Å²) >= 11 is 0. The highest BCUT2D eigenvalue weighted by Gasteiger charge is 2.29. The number of carbonyl (C=O) groups is 3. The van der Waals surface area contributed by atoms with Crippen molar-refractivity contribution in [3.8, 4) is 0 Å². The number of amides is 1. The molecule has 1 amide bonds. The fraction of sp³-hybridized carbons (Fsp3) is 0.583. The molecule has 4 N–H and O–H groups in total. The Morgan fingerprint density at radius 3 is 2.36 bits per heavy atom. The van der Waals surface area contributed by atoms with E-state index in [1.54, 1.807) is 20.8 Å². The number of benzene rings is 1. The summed E-state index contributed by atoms with van der Waals surface area (Å²) in [4.78, 5) is 47.5. The van der Waals surface area contributed by atoms with Gasteiger partial charge in [-0.15, -0.1) is 0 Å². The van der Waals surface area contributed by atoms with Crippen molar-refractivity contribution >= 4 is 23.8 Å². The smallest absolute Gasteiger partial charge is 0.329 e. The summed E-state index contributed by atoms with van der Waals surface area (Å²) < 4.78 is 10.6. The lowest BCUT2D eigenvalue weighted by Gasteiger charge is -2.24. The van der Waals surface area contributed by atoms with Gasteiger partial charge in [-0.2, -0.15) is 0 Å². The van der Waals surface area contributed by atoms with E-state index in [4.69, 9.17) is 15.2 Å². The Kier molecular flexibility index (Phi) is 13.5. The standard InChI is InChI=1S/C24H37N5O7/c1-24(2,3)36-22(32)19(16-21(31)35-17-18-12-8-7-9-13-18)27-20(30)14-10-5-4-6-11-15-26-23(25)28-29(33)34/h7-9,12-13,19H,4-6,10-11,14-17H2,1-3H3,(H,27,30)(H3,25,26,28). The first kappa shape index (κ1) is 30.3. The number of rotatable bonds is 15. The second-order valence-corrected chi connectivity index (χ2v) is 9.17. The van der Waals surface area contributed by atoms with Crippen molar-refractivity contribution in [3.63, 3.8) is 0 Å². The molecule has 0 heterocycles. The van der Waals surface area contributed by atoms with Crippen LogP contribution in [0, 0.1) is 10.1 Å². The molecule has 1 unspecified atom stereocenters. The highest BCUT2D eigenvalue weighted by atomic mass is 16.7. The molecule has 12 heteroatoms. The molecule has 0 bridgehead atoms. The number of esters is 2. The first-order chi connectivity index (χ1) is 17.0. The molecule has 1 atom stereocenters. The summed E-state index contributed by atoms with van der Waals surface area (Å²) in [5.74, 6) is -1.90. The van der Waals surface area contributed by atoms with E-state index in [1.165, 1.54) is 0 Å². The Morgan fingerprint density at radius 1 is 1.08 bits per heavy atom. The highest BCUT2D eigenvalue weighted by Crippen LogP contribution is 2.12. The lowest BCUT2D eigenvalue weighted by Crippen LogP contribution is -2.45. The molecule has 1 aromatic rings. The van der Waals surface area contributed by atoms with Gasteiger partial charge >= 0.3 is 11.9 Å². The van der Waals surface area contributed by atoms with Crippen LogP contribution in [0.1, 0.15) is 71.3 Å². The number of ether oxygens (including phenoxy) is 2. The summed E-state index contributed by atoms with van der Waals surface area (Å²) in [7, 11) is 0. The van der Waals surface area contributed by atoms with Crippen LogP contribution in [0.15, 0.2) is 35.4 Å². The van der Waals surface area contributed by atoms with Gasteiger partial charge in [0.15, 0.2) is 5.03 Å². The Labute approximate surface area is 211 Å². The number of guanidine groups is 1. The molecule has 12 nitrogen and oxygen atoms in total. The minimum absolute atomic E-state index is 0.0688. The van der Waals surface area contributed by atoms with Crippen molar-refractivity contribution in [1.29, 1.82) is 0 Å². The molecule has 0 aromatic heterocycles. The zero-order valence-electron chi connectivity index (χ0n) is 21.2. The van der Waals surface area contributed by atoms with E-state index in [-0.39, 0.29) is 31.3 Å². The van der Waals surface area contributed by atoms with Gasteiger partial charge in [0.05, 0.1) is 6.42 Å². The van der Waals surface area contributed by atoms with Crippen LogP contribution in [0.25, 0.3) is 0 Å². The van der Waals surface area contributed by atoms with Crippen molar-refractivity contribution in [3.05, 3.63) is 46.0 Å².